The van der Waals surface area contributed by atoms with Gasteiger partial charge in [-0.3, -0.25) is 14.5 Å². The molecule has 1 aromatic rings. The summed E-state index contributed by atoms with van der Waals surface area (Å²) in [6.45, 7) is 0.242. The number of rotatable bonds is 4. The van der Waals surface area contributed by atoms with E-state index in [9.17, 15) is 9.59 Å². The summed E-state index contributed by atoms with van der Waals surface area (Å²) in [6, 6.07) is 3.58. The lowest BCUT2D eigenvalue weighted by molar-refractivity contribution is -0.140. The molecule has 1 heterocycles. The first-order valence-corrected chi connectivity index (χ1v) is 8.26. The van der Waals surface area contributed by atoms with Crippen LogP contribution in [0.25, 0.3) is 0 Å². The van der Waals surface area contributed by atoms with Crippen molar-refractivity contribution in [2.75, 3.05) is 14.2 Å². The van der Waals surface area contributed by atoms with Crippen LogP contribution in [0.5, 0.6) is 11.5 Å². The van der Waals surface area contributed by atoms with Gasteiger partial charge in [0.2, 0.25) is 11.8 Å². The molecule has 122 valence electrons. The third-order valence-corrected chi connectivity index (χ3v) is 5.22. The second kappa shape index (κ2) is 6.35. The van der Waals surface area contributed by atoms with E-state index in [0.29, 0.717) is 24.3 Å². The maximum Gasteiger partial charge on any atom is 0.233 e. The van der Waals surface area contributed by atoms with Gasteiger partial charge in [-0.1, -0.05) is 28.1 Å². The smallest absolute Gasteiger partial charge is 0.233 e. The highest BCUT2D eigenvalue weighted by atomic mass is 79.9. The fourth-order valence-corrected chi connectivity index (χ4v) is 3.66. The van der Waals surface area contributed by atoms with Crippen LogP contribution in [0.3, 0.4) is 0 Å². The van der Waals surface area contributed by atoms with Crippen LogP contribution in [-0.4, -0.2) is 30.9 Å². The average molecular weight is 380 g/mol. The average Bonchev–Trinajstić information content (AvgIpc) is 2.81. The molecule has 2 amide bonds. The van der Waals surface area contributed by atoms with Crippen molar-refractivity contribution in [2.45, 2.75) is 19.4 Å². The number of nitrogens with zero attached hydrogens (tertiary/aromatic N) is 1. The number of hydrogen-bond donors (Lipinski definition) is 0. The minimum absolute atomic E-state index is 0.0777. The summed E-state index contributed by atoms with van der Waals surface area (Å²) in [6.07, 6.45) is 5.28. The minimum atomic E-state index is -0.202. The predicted octanol–water partition coefficient (Wildman–Crippen LogP) is 2.92. The van der Waals surface area contributed by atoms with Crippen LogP contribution in [0.4, 0.5) is 0 Å². The summed E-state index contributed by atoms with van der Waals surface area (Å²) in [4.78, 5) is 26.5. The third-order valence-electron chi connectivity index (χ3n) is 4.48. The zero-order chi connectivity index (χ0) is 16.6. The molecular formula is C17H18BrNO4. The second-order valence-electron chi connectivity index (χ2n) is 5.72. The van der Waals surface area contributed by atoms with Crippen molar-refractivity contribution >= 4 is 27.7 Å². The molecule has 1 aliphatic carbocycles. The van der Waals surface area contributed by atoms with E-state index in [-0.39, 0.29) is 30.2 Å². The van der Waals surface area contributed by atoms with Crippen LogP contribution in [0.1, 0.15) is 18.4 Å². The lowest BCUT2D eigenvalue weighted by atomic mass is 9.85. The lowest BCUT2D eigenvalue weighted by Crippen LogP contribution is -2.30. The number of allylic oxidation sites excluding steroid dienone is 2. The number of hydrogen-bond acceptors (Lipinski definition) is 4. The van der Waals surface area contributed by atoms with Crippen LogP contribution in [0.2, 0.25) is 0 Å². The van der Waals surface area contributed by atoms with Gasteiger partial charge in [0.15, 0.2) is 11.5 Å². The number of amides is 2. The zero-order valence-corrected chi connectivity index (χ0v) is 14.6. The summed E-state index contributed by atoms with van der Waals surface area (Å²) in [5.74, 6) is 0.610. The van der Waals surface area contributed by atoms with Gasteiger partial charge < -0.3 is 9.47 Å². The van der Waals surface area contributed by atoms with E-state index >= 15 is 0 Å². The summed E-state index contributed by atoms with van der Waals surface area (Å²) in [7, 11) is 3.12. The minimum Gasteiger partial charge on any atom is -0.493 e. The molecule has 2 aliphatic rings. The van der Waals surface area contributed by atoms with Gasteiger partial charge in [0, 0.05) is 4.47 Å². The molecule has 0 aromatic heterocycles. The highest BCUT2D eigenvalue weighted by Gasteiger charge is 2.47. The fourth-order valence-electron chi connectivity index (χ4n) is 3.21. The van der Waals surface area contributed by atoms with E-state index in [2.05, 4.69) is 15.9 Å². The van der Waals surface area contributed by atoms with Gasteiger partial charge >= 0.3 is 0 Å². The van der Waals surface area contributed by atoms with Gasteiger partial charge in [0.05, 0.1) is 32.6 Å². The Morgan fingerprint density at radius 3 is 2.09 bits per heavy atom. The first-order chi connectivity index (χ1) is 11.1. The molecule has 0 bridgehead atoms. The standard InChI is InChI=1S/C17H18BrNO4/c1-22-14-7-10(13(18)8-15(14)23-2)9-19-16(20)11-5-3-4-6-12(11)17(19)21/h3-4,7-8,11-12H,5-6,9H2,1-2H3/t11-,12+. The Bertz CT molecular complexity index is 659. The van der Waals surface area contributed by atoms with Crippen LogP contribution in [0.15, 0.2) is 28.8 Å². The number of fused-ring (bicyclic) bond motifs is 1. The molecule has 1 saturated heterocycles. The Morgan fingerprint density at radius 1 is 1.04 bits per heavy atom. The molecule has 0 saturated carbocycles. The first kappa shape index (κ1) is 16.1. The van der Waals surface area contributed by atoms with E-state index < -0.39 is 0 Å². The van der Waals surface area contributed by atoms with Gasteiger partial charge in [-0.05, 0) is 30.5 Å². The monoisotopic (exact) mass is 379 g/mol. The molecule has 1 aromatic carbocycles. The zero-order valence-electron chi connectivity index (χ0n) is 13.0. The molecule has 23 heavy (non-hydrogen) atoms. The van der Waals surface area contributed by atoms with Crippen molar-refractivity contribution in [1.82, 2.24) is 4.90 Å². The molecule has 0 spiro atoms. The molecule has 2 atom stereocenters. The maximum absolute atomic E-state index is 12.5. The summed E-state index contributed by atoms with van der Waals surface area (Å²) in [5, 5.41) is 0. The van der Waals surface area contributed by atoms with Crippen LogP contribution >= 0.6 is 15.9 Å². The Kier molecular flexibility index (Phi) is 4.43. The van der Waals surface area contributed by atoms with Crippen LogP contribution < -0.4 is 9.47 Å². The maximum atomic E-state index is 12.5. The Hall–Kier alpha value is -1.82. The molecule has 0 radical (unpaired) electrons. The van der Waals surface area contributed by atoms with Crippen molar-refractivity contribution < 1.29 is 19.1 Å². The number of halogens is 1. The van der Waals surface area contributed by atoms with Crippen molar-refractivity contribution in [2.24, 2.45) is 11.8 Å². The van der Waals surface area contributed by atoms with Crippen molar-refractivity contribution in [1.29, 1.82) is 0 Å². The SMILES string of the molecule is COc1cc(Br)c(CN2C(=O)[C@H]3CC=CC[C@H]3C2=O)cc1OC. The third kappa shape index (κ3) is 2.76. The molecule has 6 heteroatoms. The highest BCUT2D eigenvalue weighted by molar-refractivity contribution is 9.10. The quantitative estimate of drug-likeness (QED) is 0.596. The second-order valence-corrected chi connectivity index (χ2v) is 6.57. The number of imide groups is 1. The molecule has 3 rings (SSSR count). The fraction of sp³-hybridized carbons (Fsp3) is 0.412. The highest BCUT2D eigenvalue weighted by Crippen LogP contribution is 2.38. The molecule has 5 nitrogen and oxygen atoms in total. The lowest BCUT2D eigenvalue weighted by Gasteiger charge is -2.17. The van der Waals surface area contributed by atoms with Crippen molar-refractivity contribution in [3.05, 3.63) is 34.3 Å². The number of carbonyl (C=O) groups is 2. The van der Waals surface area contributed by atoms with Crippen LogP contribution in [-0.2, 0) is 16.1 Å². The Labute approximate surface area is 143 Å². The summed E-state index contributed by atoms with van der Waals surface area (Å²) < 4.78 is 11.3. The van der Waals surface area contributed by atoms with Gasteiger partial charge in [-0.25, -0.2) is 0 Å². The van der Waals surface area contributed by atoms with E-state index in [4.69, 9.17) is 9.47 Å². The van der Waals surface area contributed by atoms with Gasteiger partial charge in [0.25, 0.3) is 0 Å². The Morgan fingerprint density at radius 2 is 1.57 bits per heavy atom. The van der Waals surface area contributed by atoms with Gasteiger partial charge in [0.1, 0.15) is 0 Å². The molecular weight excluding hydrogens is 362 g/mol. The van der Waals surface area contributed by atoms with Crippen molar-refractivity contribution in [3.8, 4) is 11.5 Å². The number of ether oxygens (including phenoxy) is 2. The number of likely N-dealkylation sites (tertiary alicyclic amines) is 1. The number of carbonyl (C=O) groups excluding carboxylic acids is 2. The van der Waals surface area contributed by atoms with E-state index in [1.807, 2.05) is 12.2 Å². The molecule has 1 fully saturated rings. The normalized spacial score (nSPS) is 23.2. The number of methoxy groups -OCH3 is 2. The summed E-state index contributed by atoms with van der Waals surface area (Å²) >= 11 is 3.48. The topological polar surface area (TPSA) is 55.8 Å². The first-order valence-electron chi connectivity index (χ1n) is 7.47. The van der Waals surface area contributed by atoms with Gasteiger partial charge in [-0.2, -0.15) is 0 Å². The predicted molar refractivity (Wildman–Crippen MR) is 88.2 cm³/mol. The van der Waals surface area contributed by atoms with E-state index in [1.54, 1.807) is 26.4 Å². The molecule has 1 aliphatic heterocycles. The van der Waals surface area contributed by atoms with Crippen molar-refractivity contribution in [3.63, 3.8) is 0 Å². The molecule has 0 unspecified atom stereocenters. The van der Waals surface area contributed by atoms with E-state index in [1.165, 1.54) is 4.90 Å². The van der Waals surface area contributed by atoms with E-state index in [0.717, 1.165) is 10.0 Å². The molecule has 0 N–H and O–H groups in total. The van der Waals surface area contributed by atoms with Gasteiger partial charge in [-0.15, -0.1) is 0 Å². The summed E-state index contributed by atoms with van der Waals surface area (Å²) in [5.41, 5.74) is 0.816. The number of benzene rings is 1. The van der Waals surface area contributed by atoms with Crippen LogP contribution in [0, 0.1) is 11.8 Å². The Balaban J connectivity index is 1.87. The largest absolute Gasteiger partial charge is 0.493 e.